The molecular formula is C19H24N6O2. The summed E-state index contributed by atoms with van der Waals surface area (Å²) >= 11 is 0. The lowest BCUT2D eigenvalue weighted by Crippen LogP contribution is -2.29. The maximum Gasteiger partial charge on any atom is 0.329 e. The molecule has 0 saturated carbocycles. The van der Waals surface area contributed by atoms with Crippen molar-refractivity contribution in [3.8, 4) is 0 Å². The van der Waals surface area contributed by atoms with E-state index in [1.807, 2.05) is 37.3 Å². The molecule has 0 unspecified atom stereocenters. The number of nitrogens with zero attached hydrogens (tertiary/aromatic N) is 4. The van der Waals surface area contributed by atoms with Crippen LogP contribution in [0.3, 0.4) is 0 Å². The second-order valence-corrected chi connectivity index (χ2v) is 6.46. The summed E-state index contributed by atoms with van der Waals surface area (Å²) < 4.78 is 3.14. The van der Waals surface area contributed by atoms with Crippen LogP contribution < -0.4 is 16.7 Å². The number of benzene rings is 1. The predicted octanol–water partition coefficient (Wildman–Crippen LogP) is 2.45. The van der Waals surface area contributed by atoms with Crippen molar-refractivity contribution >= 4 is 22.8 Å². The van der Waals surface area contributed by atoms with Crippen LogP contribution in [0.5, 0.6) is 0 Å². The number of imidazole rings is 1. The Hall–Kier alpha value is -3.16. The number of hydrogen-bond donors (Lipinski definition) is 2. The first-order chi connectivity index (χ1) is 13.0. The lowest BCUT2D eigenvalue weighted by atomic mass is 10.1. The first-order valence-electron chi connectivity index (χ1n) is 9.08. The van der Waals surface area contributed by atoms with Gasteiger partial charge in [0.1, 0.15) is 0 Å². The van der Waals surface area contributed by atoms with Crippen LogP contribution in [-0.4, -0.2) is 24.8 Å². The molecule has 0 aliphatic carbocycles. The smallest absolute Gasteiger partial charge is 0.303 e. The van der Waals surface area contributed by atoms with Crippen molar-refractivity contribution in [2.45, 2.75) is 39.7 Å². The van der Waals surface area contributed by atoms with Gasteiger partial charge in [-0.2, -0.15) is 10.1 Å². The summed E-state index contributed by atoms with van der Waals surface area (Å²) in [5, 5.41) is 4.41. The lowest BCUT2D eigenvalue weighted by molar-refractivity contribution is 0.615. The Morgan fingerprint density at radius 1 is 1.22 bits per heavy atom. The summed E-state index contributed by atoms with van der Waals surface area (Å²) in [6, 6.07) is 9.79. The third-order valence-electron chi connectivity index (χ3n) is 4.51. The van der Waals surface area contributed by atoms with E-state index in [4.69, 9.17) is 0 Å². The number of hydrogen-bond acceptors (Lipinski definition) is 5. The Kier molecular flexibility index (Phi) is 5.54. The molecule has 0 atom stereocenters. The SMILES string of the molecule is CCCCCn1c(N/N=C(/C)c2ccccc2)nc2c1c(=O)[nH]c(=O)n2C. The molecular weight excluding hydrogens is 344 g/mol. The number of anilines is 1. The van der Waals surface area contributed by atoms with E-state index in [1.165, 1.54) is 4.57 Å². The van der Waals surface area contributed by atoms with E-state index in [2.05, 4.69) is 27.4 Å². The minimum absolute atomic E-state index is 0.343. The van der Waals surface area contributed by atoms with Gasteiger partial charge in [-0.3, -0.25) is 14.3 Å². The molecule has 0 bridgehead atoms. The summed E-state index contributed by atoms with van der Waals surface area (Å²) in [4.78, 5) is 31.1. The van der Waals surface area contributed by atoms with Crippen molar-refractivity contribution in [2.24, 2.45) is 12.1 Å². The molecule has 2 N–H and O–H groups in total. The fourth-order valence-electron chi connectivity index (χ4n) is 2.94. The summed E-state index contributed by atoms with van der Waals surface area (Å²) in [7, 11) is 1.59. The van der Waals surface area contributed by atoms with Crippen LogP contribution in [-0.2, 0) is 13.6 Å². The minimum Gasteiger partial charge on any atom is -0.303 e. The molecule has 0 aliphatic rings. The molecule has 0 spiro atoms. The van der Waals surface area contributed by atoms with Gasteiger partial charge in [-0.1, -0.05) is 50.1 Å². The molecule has 8 nitrogen and oxygen atoms in total. The van der Waals surface area contributed by atoms with Gasteiger partial charge in [-0.15, -0.1) is 0 Å². The number of unbranched alkanes of at least 4 members (excludes halogenated alkanes) is 2. The fourth-order valence-corrected chi connectivity index (χ4v) is 2.94. The molecule has 1 aromatic carbocycles. The Bertz CT molecular complexity index is 1080. The number of hydrazone groups is 1. The Morgan fingerprint density at radius 3 is 2.67 bits per heavy atom. The molecule has 142 valence electrons. The topological polar surface area (TPSA) is 97.1 Å². The molecule has 0 amide bonds. The molecule has 0 fully saturated rings. The second kappa shape index (κ2) is 8.03. The van der Waals surface area contributed by atoms with Gasteiger partial charge in [0.2, 0.25) is 5.95 Å². The summed E-state index contributed by atoms with van der Waals surface area (Å²) in [6.45, 7) is 4.64. The monoisotopic (exact) mass is 368 g/mol. The number of nitrogens with one attached hydrogen (secondary N) is 2. The Labute approximate surface area is 156 Å². The predicted molar refractivity (Wildman–Crippen MR) is 107 cm³/mol. The molecule has 3 aromatic rings. The summed E-state index contributed by atoms with van der Waals surface area (Å²) in [5.74, 6) is 0.447. The van der Waals surface area contributed by atoms with E-state index >= 15 is 0 Å². The van der Waals surface area contributed by atoms with Crippen LogP contribution in [0.25, 0.3) is 11.2 Å². The lowest BCUT2D eigenvalue weighted by Gasteiger charge is -2.08. The highest BCUT2D eigenvalue weighted by Gasteiger charge is 2.17. The molecule has 8 heteroatoms. The van der Waals surface area contributed by atoms with E-state index in [-0.39, 0.29) is 0 Å². The van der Waals surface area contributed by atoms with Gasteiger partial charge < -0.3 is 4.57 Å². The summed E-state index contributed by atoms with van der Waals surface area (Å²) in [5.41, 5.74) is 4.56. The van der Waals surface area contributed by atoms with Crippen LogP contribution >= 0.6 is 0 Å². The van der Waals surface area contributed by atoms with Gasteiger partial charge in [0.05, 0.1) is 5.71 Å². The average Bonchev–Trinajstić information content (AvgIpc) is 3.04. The first-order valence-corrected chi connectivity index (χ1v) is 9.08. The Balaban J connectivity index is 2.04. The van der Waals surface area contributed by atoms with Crippen molar-refractivity contribution in [1.29, 1.82) is 0 Å². The maximum atomic E-state index is 12.4. The Morgan fingerprint density at radius 2 is 1.96 bits per heavy atom. The van der Waals surface area contributed by atoms with E-state index in [1.54, 1.807) is 11.6 Å². The normalized spacial score (nSPS) is 11.9. The van der Waals surface area contributed by atoms with Gasteiger partial charge in [0, 0.05) is 13.6 Å². The molecule has 2 aromatic heterocycles. The fraction of sp³-hybridized carbons (Fsp3) is 0.368. The van der Waals surface area contributed by atoms with Crippen molar-refractivity contribution in [3.63, 3.8) is 0 Å². The number of aromatic nitrogens is 4. The third-order valence-corrected chi connectivity index (χ3v) is 4.51. The van der Waals surface area contributed by atoms with E-state index < -0.39 is 11.2 Å². The first kappa shape index (κ1) is 18.6. The second-order valence-electron chi connectivity index (χ2n) is 6.46. The van der Waals surface area contributed by atoms with Gasteiger partial charge >= 0.3 is 5.69 Å². The van der Waals surface area contributed by atoms with E-state index in [0.717, 1.165) is 30.5 Å². The number of fused-ring (bicyclic) bond motifs is 1. The standard InChI is InChI=1S/C19H24N6O2/c1-4-5-9-12-25-15-16(24(3)19(27)21-17(15)26)20-18(25)23-22-13(2)14-10-7-6-8-11-14/h6-8,10-11H,4-5,9,12H2,1-3H3,(H,20,23)(H,21,26,27)/b22-13-. The highest BCUT2D eigenvalue weighted by atomic mass is 16.2. The summed E-state index contributed by atoms with van der Waals surface area (Å²) in [6.07, 6.45) is 3.00. The van der Waals surface area contributed by atoms with Crippen molar-refractivity contribution in [3.05, 3.63) is 56.7 Å². The van der Waals surface area contributed by atoms with Crippen LogP contribution in [0, 0.1) is 0 Å². The highest BCUT2D eigenvalue weighted by Crippen LogP contribution is 2.17. The van der Waals surface area contributed by atoms with Crippen molar-refractivity contribution in [1.82, 2.24) is 19.1 Å². The number of aryl methyl sites for hydroxylation is 2. The minimum atomic E-state index is -0.485. The van der Waals surface area contributed by atoms with Gasteiger partial charge in [-0.25, -0.2) is 10.2 Å². The van der Waals surface area contributed by atoms with Gasteiger partial charge in [-0.05, 0) is 18.9 Å². The van der Waals surface area contributed by atoms with Crippen LogP contribution in [0.4, 0.5) is 5.95 Å². The van der Waals surface area contributed by atoms with Crippen LogP contribution in [0.2, 0.25) is 0 Å². The molecule has 0 radical (unpaired) electrons. The third kappa shape index (κ3) is 3.84. The number of H-pyrrole nitrogens is 1. The molecule has 3 rings (SSSR count). The van der Waals surface area contributed by atoms with E-state index in [0.29, 0.717) is 23.7 Å². The molecule has 0 aliphatic heterocycles. The van der Waals surface area contributed by atoms with E-state index in [9.17, 15) is 9.59 Å². The van der Waals surface area contributed by atoms with Crippen molar-refractivity contribution < 1.29 is 0 Å². The van der Waals surface area contributed by atoms with Gasteiger partial charge in [0.15, 0.2) is 11.2 Å². The maximum absolute atomic E-state index is 12.4. The van der Waals surface area contributed by atoms with Crippen LogP contribution in [0.15, 0.2) is 45.0 Å². The van der Waals surface area contributed by atoms with Gasteiger partial charge in [0.25, 0.3) is 5.56 Å². The zero-order chi connectivity index (χ0) is 19.4. The molecule has 0 saturated heterocycles. The largest absolute Gasteiger partial charge is 0.329 e. The zero-order valence-corrected chi connectivity index (χ0v) is 15.8. The quantitative estimate of drug-likeness (QED) is 0.380. The number of rotatable bonds is 7. The highest BCUT2D eigenvalue weighted by molar-refractivity contribution is 5.99. The molecule has 27 heavy (non-hydrogen) atoms. The van der Waals surface area contributed by atoms with Crippen molar-refractivity contribution in [2.75, 3.05) is 5.43 Å². The number of aromatic amines is 1. The molecule has 2 heterocycles. The average molecular weight is 368 g/mol. The van der Waals surface area contributed by atoms with Crippen LogP contribution in [0.1, 0.15) is 38.7 Å². The zero-order valence-electron chi connectivity index (χ0n) is 15.8.